The van der Waals surface area contributed by atoms with Gasteiger partial charge >= 0.3 is 0 Å². The van der Waals surface area contributed by atoms with Crippen molar-refractivity contribution in [2.75, 3.05) is 13.7 Å². The smallest absolute Gasteiger partial charge is 0.249 e. The average molecular weight is 318 g/mol. The first-order valence-corrected chi connectivity index (χ1v) is 7.36. The van der Waals surface area contributed by atoms with Gasteiger partial charge in [0.2, 0.25) is 5.91 Å². The molecule has 114 valence electrons. The van der Waals surface area contributed by atoms with Gasteiger partial charge in [0.15, 0.2) is 0 Å². The second kappa shape index (κ2) is 6.38. The average Bonchev–Trinajstić information content (AvgIpc) is 2.49. The molecule has 0 aromatic heterocycles. The minimum absolute atomic E-state index is 0.0545. The Labute approximate surface area is 134 Å². The molecule has 0 radical (unpaired) electrons. The van der Waals surface area contributed by atoms with Crippen molar-refractivity contribution in [1.82, 2.24) is 4.90 Å². The van der Waals surface area contributed by atoms with Gasteiger partial charge in [0, 0.05) is 36.3 Å². The molecule has 5 heteroatoms. The molecule has 4 nitrogen and oxygen atoms in total. The Hall–Kier alpha value is -2.04. The largest absolute Gasteiger partial charge is 0.457 e. The first kappa shape index (κ1) is 14.9. The van der Waals surface area contributed by atoms with E-state index < -0.39 is 0 Å². The van der Waals surface area contributed by atoms with Crippen molar-refractivity contribution in [3.05, 3.63) is 58.6 Å². The van der Waals surface area contributed by atoms with Crippen molar-refractivity contribution in [2.45, 2.75) is 13.1 Å². The number of carbonyl (C=O) groups is 1. The summed E-state index contributed by atoms with van der Waals surface area (Å²) >= 11 is 6.08. The topological polar surface area (TPSA) is 38.8 Å². The van der Waals surface area contributed by atoms with Gasteiger partial charge in [-0.2, -0.15) is 0 Å². The van der Waals surface area contributed by atoms with Crippen LogP contribution in [-0.2, 0) is 22.6 Å². The molecule has 3 rings (SSSR count). The minimum atomic E-state index is -0.0647. The molecule has 0 unspecified atom stereocenters. The van der Waals surface area contributed by atoms with Gasteiger partial charge in [0.05, 0.1) is 0 Å². The molecule has 0 atom stereocenters. The number of carbonyl (C=O) groups excluding carboxylic acids is 1. The highest BCUT2D eigenvalue weighted by molar-refractivity contribution is 6.30. The van der Waals surface area contributed by atoms with Crippen molar-refractivity contribution in [3.8, 4) is 11.5 Å². The molecule has 1 heterocycles. The molecular weight excluding hydrogens is 302 g/mol. The fourth-order valence-corrected chi connectivity index (χ4v) is 2.68. The molecule has 1 amide bonds. The van der Waals surface area contributed by atoms with Gasteiger partial charge < -0.3 is 14.4 Å². The summed E-state index contributed by atoms with van der Waals surface area (Å²) in [5, 5.41) is 0.621. The van der Waals surface area contributed by atoms with Crippen LogP contribution in [0.4, 0.5) is 0 Å². The van der Waals surface area contributed by atoms with E-state index in [9.17, 15) is 4.79 Å². The second-order valence-electron chi connectivity index (χ2n) is 5.14. The fraction of sp³-hybridized carbons (Fsp3) is 0.235. The van der Waals surface area contributed by atoms with Crippen LogP contribution < -0.4 is 4.74 Å². The maximum absolute atomic E-state index is 12.3. The number of methoxy groups -OCH3 is 1. The lowest BCUT2D eigenvalue weighted by molar-refractivity contribution is -0.136. The number of amides is 1. The summed E-state index contributed by atoms with van der Waals surface area (Å²) in [4.78, 5) is 14.0. The van der Waals surface area contributed by atoms with E-state index in [1.54, 1.807) is 11.0 Å². The summed E-state index contributed by atoms with van der Waals surface area (Å²) in [7, 11) is 1.52. The highest BCUT2D eigenvalue weighted by Crippen LogP contribution is 2.34. The Morgan fingerprint density at radius 3 is 2.73 bits per heavy atom. The normalized spacial score (nSPS) is 13.5. The molecule has 2 aromatic carbocycles. The van der Waals surface area contributed by atoms with Gasteiger partial charge in [-0.25, -0.2) is 0 Å². The van der Waals surface area contributed by atoms with Crippen molar-refractivity contribution in [1.29, 1.82) is 0 Å². The molecule has 0 fully saturated rings. The monoisotopic (exact) mass is 317 g/mol. The van der Waals surface area contributed by atoms with Gasteiger partial charge in [-0.15, -0.1) is 0 Å². The molecule has 0 saturated heterocycles. The van der Waals surface area contributed by atoms with E-state index >= 15 is 0 Å². The van der Waals surface area contributed by atoms with Gasteiger partial charge in [0.1, 0.15) is 18.1 Å². The van der Waals surface area contributed by atoms with Crippen molar-refractivity contribution in [2.24, 2.45) is 0 Å². The number of benzene rings is 2. The number of hydrogen-bond acceptors (Lipinski definition) is 3. The third-order valence-electron chi connectivity index (χ3n) is 3.56. The number of para-hydroxylation sites is 1. The van der Waals surface area contributed by atoms with Gasteiger partial charge in [-0.1, -0.05) is 29.8 Å². The van der Waals surface area contributed by atoms with E-state index in [4.69, 9.17) is 21.1 Å². The van der Waals surface area contributed by atoms with Crippen molar-refractivity contribution < 1.29 is 14.3 Å². The Morgan fingerprint density at radius 2 is 1.91 bits per heavy atom. The van der Waals surface area contributed by atoms with E-state index in [0.29, 0.717) is 23.9 Å². The quantitative estimate of drug-likeness (QED) is 0.849. The number of hydrogen-bond donors (Lipinski definition) is 0. The lowest BCUT2D eigenvalue weighted by Gasteiger charge is -2.27. The van der Waals surface area contributed by atoms with Crippen LogP contribution in [0.25, 0.3) is 0 Å². The zero-order valence-corrected chi connectivity index (χ0v) is 13.0. The number of halogens is 1. The van der Waals surface area contributed by atoms with Gasteiger partial charge in [-0.05, 0) is 24.3 Å². The summed E-state index contributed by atoms with van der Waals surface area (Å²) in [6.45, 7) is 0.968. The second-order valence-corrected chi connectivity index (χ2v) is 5.58. The van der Waals surface area contributed by atoms with E-state index in [0.717, 1.165) is 16.9 Å². The van der Waals surface area contributed by atoms with Crippen LogP contribution in [0.1, 0.15) is 11.1 Å². The zero-order chi connectivity index (χ0) is 15.5. The number of ether oxygens (including phenoxy) is 2. The summed E-state index contributed by atoms with van der Waals surface area (Å²) in [6, 6.07) is 13.2. The highest BCUT2D eigenvalue weighted by Gasteiger charge is 2.21. The fourth-order valence-electron chi connectivity index (χ4n) is 2.48. The number of nitrogens with zero attached hydrogens (tertiary/aromatic N) is 1. The van der Waals surface area contributed by atoms with Gasteiger partial charge in [0.25, 0.3) is 0 Å². The zero-order valence-electron chi connectivity index (χ0n) is 12.2. The maximum atomic E-state index is 12.3. The molecule has 2 aromatic rings. The van der Waals surface area contributed by atoms with Crippen LogP contribution in [-0.4, -0.2) is 24.5 Å². The molecule has 1 aliphatic heterocycles. The van der Waals surface area contributed by atoms with Crippen LogP contribution in [0.3, 0.4) is 0 Å². The lowest BCUT2D eigenvalue weighted by Crippen LogP contribution is -2.33. The predicted molar refractivity (Wildman–Crippen MR) is 84.1 cm³/mol. The molecule has 0 spiro atoms. The van der Waals surface area contributed by atoms with Crippen molar-refractivity contribution in [3.63, 3.8) is 0 Å². The standard InChI is InChI=1S/C17H16ClNO3/c1-21-11-17(20)19-9-12-4-2-3-5-15(12)22-16-7-6-14(18)8-13(16)10-19/h2-8H,9-11H2,1H3. The Balaban J connectivity index is 2.04. The van der Waals surface area contributed by atoms with Crippen LogP contribution in [0, 0.1) is 0 Å². The SMILES string of the molecule is COCC(=O)N1Cc2ccccc2Oc2ccc(Cl)cc2C1. The summed E-state index contributed by atoms with van der Waals surface area (Å²) in [5.41, 5.74) is 1.85. The summed E-state index contributed by atoms with van der Waals surface area (Å²) in [5.74, 6) is 1.40. The van der Waals surface area contributed by atoms with Crippen molar-refractivity contribution >= 4 is 17.5 Å². The Morgan fingerprint density at radius 1 is 1.18 bits per heavy atom. The third-order valence-corrected chi connectivity index (χ3v) is 3.79. The number of rotatable bonds is 2. The van der Waals surface area contributed by atoms with Crippen LogP contribution >= 0.6 is 11.6 Å². The summed E-state index contributed by atoms with van der Waals surface area (Å²) < 4.78 is 11.0. The van der Waals surface area contributed by atoms with Crippen LogP contribution in [0.15, 0.2) is 42.5 Å². The summed E-state index contributed by atoms with van der Waals surface area (Å²) in [6.07, 6.45) is 0. The van der Waals surface area contributed by atoms with Crippen LogP contribution in [0.5, 0.6) is 11.5 Å². The molecule has 22 heavy (non-hydrogen) atoms. The molecule has 0 bridgehead atoms. The maximum Gasteiger partial charge on any atom is 0.249 e. The Bertz CT molecular complexity index is 702. The van der Waals surface area contributed by atoms with Crippen LogP contribution in [0.2, 0.25) is 5.02 Å². The Kier molecular flexibility index (Phi) is 4.32. The molecule has 0 N–H and O–H groups in total. The lowest BCUT2D eigenvalue weighted by atomic mass is 10.1. The van der Waals surface area contributed by atoms with E-state index in [1.165, 1.54) is 7.11 Å². The van der Waals surface area contributed by atoms with Gasteiger partial charge in [-0.3, -0.25) is 4.79 Å². The van der Waals surface area contributed by atoms with E-state index in [-0.39, 0.29) is 12.5 Å². The number of fused-ring (bicyclic) bond motifs is 2. The molecule has 1 aliphatic rings. The predicted octanol–water partition coefficient (Wildman–Crippen LogP) is 3.62. The van der Waals surface area contributed by atoms with E-state index in [1.807, 2.05) is 36.4 Å². The first-order valence-electron chi connectivity index (χ1n) is 6.98. The molecular formula is C17H16ClNO3. The first-order chi connectivity index (χ1) is 10.7. The highest BCUT2D eigenvalue weighted by atomic mass is 35.5. The van der Waals surface area contributed by atoms with E-state index in [2.05, 4.69) is 0 Å². The molecule has 0 aliphatic carbocycles. The minimum Gasteiger partial charge on any atom is -0.457 e. The third kappa shape index (κ3) is 3.08. The molecule has 0 saturated carbocycles.